The maximum atomic E-state index is 8.83. The fraction of sp³-hybridized carbons (Fsp3) is 0.385. The fourth-order valence-corrected chi connectivity index (χ4v) is 3.04. The van der Waals surface area contributed by atoms with Crippen molar-refractivity contribution in [3.8, 4) is 0 Å². The number of aromatic nitrogens is 1. The number of rotatable bonds is 6. The molecule has 0 spiro atoms. The molecular formula is C13H17N3OS2. The molecule has 0 aliphatic heterocycles. The molecule has 19 heavy (non-hydrogen) atoms. The maximum absolute atomic E-state index is 8.83. The van der Waals surface area contributed by atoms with Gasteiger partial charge in [0.15, 0.2) is 0 Å². The number of hydrazone groups is 1. The molecule has 2 rings (SSSR count). The Kier molecular flexibility index (Phi) is 5.18. The van der Waals surface area contributed by atoms with Crippen LogP contribution in [0.25, 0.3) is 10.2 Å². The highest BCUT2D eigenvalue weighted by Gasteiger charge is 2.04. The van der Waals surface area contributed by atoms with Gasteiger partial charge in [0, 0.05) is 16.4 Å². The molecule has 0 unspecified atom stereocenters. The summed E-state index contributed by atoms with van der Waals surface area (Å²) in [6, 6.07) is 6.15. The minimum absolute atomic E-state index is 0.198. The van der Waals surface area contributed by atoms with Crippen LogP contribution in [-0.2, 0) is 0 Å². The number of thioether (sulfide) groups is 1. The number of nitrogens with zero attached hydrogens (tertiary/aromatic N) is 2. The zero-order chi connectivity index (χ0) is 13.7. The Labute approximate surface area is 120 Å². The number of thiazole rings is 1. The SMILES string of the molecule is CC/C(C)=N\Nc1nc2ccc(SCCO)cc2s1. The van der Waals surface area contributed by atoms with Gasteiger partial charge in [0.2, 0.25) is 5.13 Å². The van der Waals surface area contributed by atoms with Gasteiger partial charge < -0.3 is 5.11 Å². The number of benzene rings is 1. The molecule has 0 fully saturated rings. The van der Waals surface area contributed by atoms with Crippen molar-refractivity contribution in [2.75, 3.05) is 17.8 Å². The van der Waals surface area contributed by atoms with Gasteiger partial charge in [-0.1, -0.05) is 18.3 Å². The predicted molar refractivity (Wildman–Crippen MR) is 84.5 cm³/mol. The molecule has 1 heterocycles. The molecule has 0 bridgehead atoms. The molecule has 0 aliphatic rings. The summed E-state index contributed by atoms with van der Waals surface area (Å²) in [6.07, 6.45) is 0.930. The van der Waals surface area contributed by atoms with Crippen LogP contribution in [0.3, 0.4) is 0 Å². The second-order valence-electron chi connectivity index (χ2n) is 4.03. The van der Waals surface area contributed by atoms with Crippen LogP contribution in [0.1, 0.15) is 20.3 Å². The number of fused-ring (bicyclic) bond motifs is 1. The third kappa shape index (κ3) is 3.92. The van der Waals surface area contributed by atoms with E-state index in [1.807, 2.05) is 19.1 Å². The Hall–Kier alpha value is -1.11. The number of nitrogens with one attached hydrogen (secondary N) is 1. The molecule has 0 amide bonds. The minimum Gasteiger partial charge on any atom is -0.396 e. The molecule has 0 aliphatic carbocycles. The van der Waals surface area contributed by atoms with Crippen LogP contribution < -0.4 is 5.43 Å². The monoisotopic (exact) mass is 295 g/mol. The summed E-state index contributed by atoms with van der Waals surface area (Å²) < 4.78 is 1.13. The van der Waals surface area contributed by atoms with Gasteiger partial charge >= 0.3 is 0 Å². The van der Waals surface area contributed by atoms with Gasteiger partial charge in [-0.15, -0.1) is 11.8 Å². The highest BCUT2D eigenvalue weighted by molar-refractivity contribution is 7.99. The summed E-state index contributed by atoms with van der Waals surface area (Å²) >= 11 is 3.24. The van der Waals surface area contributed by atoms with E-state index in [0.29, 0.717) is 0 Å². The molecule has 2 aromatic rings. The number of anilines is 1. The van der Waals surface area contributed by atoms with E-state index < -0.39 is 0 Å². The lowest BCUT2D eigenvalue weighted by Crippen LogP contribution is -1.94. The molecule has 102 valence electrons. The number of aliphatic hydroxyl groups is 1. The average Bonchev–Trinajstić information content (AvgIpc) is 2.84. The quantitative estimate of drug-likeness (QED) is 0.486. The van der Waals surface area contributed by atoms with Crippen LogP contribution in [0.2, 0.25) is 0 Å². The molecular weight excluding hydrogens is 278 g/mol. The first-order valence-corrected chi connectivity index (χ1v) is 7.96. The summed E-state index contributed by atoms with van der Waals surface area (Å²) in [7, 11) is 0. The topological polar surface area (TPSA) is 57.5 Å². The van der Waals surface area contributed by atoms with Crippen molar-refractivity contribution < 1.29 is 5.11 Å². The van der Waals surface area contributed by atoms with E-state index in [0.717, 1.165) is 38.1 Å². The average molecular weight is 295 g/mol. The van der Waals surface area contributed by atoms with E-state index in [-0.39, 0.29) is 6.61 Å². The fourth-order valence-electron chi connectivity index (χ4n) is 1.43. The summed E-state index contributed by atoms with van der Waals surface area (Å²) in [5, 5.41) is 13.9. The van der Waals surface area contributed by atoms with Crippen LogP contribution >= 0.6 is 23.1 Å². The lowest BCUT2D eigenvalue weighted by molar-refractivity contribution is 0.322. The Morgan fingerprint density at radius 1 is 1.53 bits per heavy atom. The van der Waals surface area contributed by atoms with Crippen LogP contribution in [0, 0.1) is 0 Å². The van der Waals surface area contributed by atoms with Gasteiger partial charge in [0.25, 0.3) is 0 Å². The van der Waals surface area contributed by atoms with E-state index in [1.54, 1.807) is 23.1 Å². The van der Waals surface area contributed by atoms with Gasteiger partial charge in [0.1, 0.15) is 0 Å². The highest BCUT2D eigenvalue weighted by atomic mass is 32.2. The number of aliphatic hydroxyl groups excluding tert-OH is 1. The van der Waals surface area contributed by atoms with E-state index in [4.69, 9.17) is 5.11 Å². The minimum atomic E-state index is 0.198. The van der Waals surface area contributed by atoms with Crippen LogP contribution in [0.15, 0.2) is 28.2 Å². The van der Waals surface area contributed by atoms with Crippen molar-refractivity contribution in [1.29, 1.82) is 0 Å². The van der Waals surface area contributed by atoms with Crippen molar-refractivity contribution in [2.24, 2.45) is 5.10 Å². The molecule has 0 saturated carbocycles. The van der Waals surface area contributed by atoms with Crippen molar-refractivity contribution in [2.45, 2.75) is 25.2 Å². The predicted octanol–water partition coefficient (Wildman–Crippen LogP) is 3.58. The van der Waals surface area contributed by atoms with E-state index in [1.165, 1.54) is 0 Å². The van der Waals surface area contributed by atoms with E-state index >= 15 is 0 Å². The van der Waals surface area contributed by atoms with E-state index in [2.05, 4.69) is 28.5 Å². The van der Waals surface area contributed by atoms with Crippen molar-refractivity contribution in [3.63, 3.8) is 0 Å². The summed E-state index contributed by atoms with van der Waals surface area (Å²) in [6.45, 7) is 4.26. The largest absolute Gasteiger partial charge is 0.396 e. The molecule has 0 saturated heterocycles. The Balaban J connectivity index is 2.16. The summed E-state index contributed by atoms with van der Waals surface area (Å²) in [5.41, 5.74) is 5.03. The second kappa shape index (κ2) is 6.88. The van der Waals surface area contributed by atoms with Crippen LogP contribution in [0.5, 0.6) is 0 Å². The first-order chi connectivity index (χ1) is 9.22. The van der Waals surface area contributed by atoms with Crippen molar-refractivity contribution >= 4 is 44.2 Å². The van der Waals surface area contributed by atoms with Crippen LogP contribution in [-0.4, -0.2) is 28.2 Å². The Morgan fingerprint density at radius 2 is 2.37 bits per heavy atom. The molecule has 0 radical (unpaired) electrons. The summed E-state index contributed by atoms with van der Waals surface area (Å²) in [4.78, 5) is 5.64. The standard InChI is InChI=1S/C13H17N3OS2/c1-3-9(2)15-16-13-14-11-5-4-10(18-7-6-17)8-12(11)19-13/h4-5,8,17H,3,6-7H2,1-2H3,(H,14,16)/b15-9-. The normalized spacial score (nSPS) is 12.1. The molecule has 2 N–H and O–H groups in total. The van der Waals surface area contributed by atoms with E-state index in [9.17, 15) is 0 Å². The third-order valence-corrected chi connectivity index (χ3v) is 4.47. The maximum Gasteiger partial charge on any atom is 0.204 e. The molecule has 4 nitrogen and oxygen atoms in total. The Bertz CT molecular complexity index is 580. The lowest BCUT2D eigenvalue weighted by Gasteiger charge is -1.97. The van der Waals surface area contributed by atoms with Gasteiger partial charge in [0.05, 0.1) is 16.8 Å². The number of hydrogen-bond donors (Lipinski definition) is 2. The van der Waals surface area contributed by atoms with Gasteiger partial charge in [-0.3, -0.25) is 5.43 Å². The molecule has 1 aromatic heterocycles. The Morgan fingerprint density at radius 3 is 3.11 bits per heavy atom. The first kappa shape index (κ1) is 14.3. The molecule has 0 atom stereocenters. The second-order valence-corrected chi connectivity index (χ2v) is 6.23. The zero-order valence-electron chi connectivity index (χ0n) is 11.0. The lowest BCUT2D eigenvalue weighted by atomic mass is 10.3. The molecule has 1 aromatic carbocycles. The van der Waals surface area contributed by atoms with Crippen molar-refractivity contribution in [3.05, 3.63) is 18.2 Å². The molecule has 6 heteroatoms. The van der Waals surface area contributed by atoms with Gasteiger partial charge in [-0.25, -0.2) is 4.98 Å². The third-order valence-electron chi connectivity index (χ3n) is 2.57. The van der Waals surface area contributed by atoms with Gasteiger partial charge in [-0.2, -0.15) is 5.10 Å². The smallest absolute Gasteiger partial charge is 0.204 e. The van der Waals surface area contributed by atoms with Gasteiger partial charge in [-0.05, 0) is 31.5 Å². The zero-order valence-corrected chi connectivity index (χ0v) is 12.6. The van der Waals surface area contributed by atoms with Crippen LogP contribution in [0.4, 0.5) is 5.13 Å². The number of hydrogen-bond acceptors (Lipinski definition) is 6. The van der Waals surface area contributed by atoms with Crippen molar-refractivity contribution in [1.82, 2.24) is 4.98 Å². The summed E-state index contributed by atoms with van der Waals surface area (Å²) in [5.74, 6) is 0.718. The first-order valence-electron chi connectivity index (χ1n) is 6.16. The highest BCUT2D eigenvalue weighted by Crippen LogP contribution is 2.30.